The van der Waals surface area contributed by atoms with Crippen LogP contribution < -0.4 is 9.80 Å². The smallest absolute Gasteiger partial charge is 0.226 e. The van der Waals surface area contributed by atoms with E-state index in [9.17, 15) is 0 Å². The summed E-state index contributed by atoms with van der Waals surface area (Å²) in [5.41, 5.74) is 4.56. The van der Waals surface area contributed by atoms with E-state index in [0.717, 1.165) is 29.9 Å². The Morgan fingerprint density at radius 2 is 1.10 bits per heavy atom. The summed E-state index contributed by atoms with van der Waals surface area (Å²) in [7, 11) is 0. The molecule has 0 saturated carbocycles. The monoisotopic (exact) mass is 569 g/mol. The summed E-state index contributed by atoms with van der Waals surface area (Å²) < 4.78 is 0. The minimum Gasteiger partial charge on any atom is -0.226 e. The van der Waals surface area contributed by atoms with Crippen LogP contribution in [0.15, 0.2) is 103 Å². The molecule has 4 aromatic rings. The molecule has 0 radical (unpaired) electrons. The molecule has 1 heterocycles. The second-order valence-corrected chi connectivity index (χ2v) is 6.64. The van der Waals surface area contributed by atoms with E-state index in [1.165, 1.54) is 5.69 Å². The average Bonchev–Trinajstić information content (AvgIpc) is 3.32. The number of rotatable bonds is 3. The van der Waals surface area contributed by atoms with Crippen molar-refractivity contribution in [3.8, 4) is 11.1 Å². The summed E-state index contributed by atoms with van der Waals surface area (Å²) in [4.78, 5) is 4.49. The van der Waals surface area contributed by atoms with E-state index in [1.54, 1.807) is 0 Å². The van der Waals surface area contributed by atoms with Gasteiger partial charge in [0.2, 0.25) is 0 Å². The maximum Gasteiger partial charge on any atom is 0.293 e. The Morgan fingerprint density at radius 3 is 1.63 bits per heavy atom. The topological polar surface area (TPSA) is 6.48 Å². The van der Waals surface area contributed by atoms with Gasteiger partial charge in [-0.05, 0) is 17.8 Å². The van der Waals surface area contributed by atoms with Crippen LogP contribution in [0.1, 0.15) is 0 Å². The van der Waals surface area contributed by atoms with Gasteiger partial charge in [-0.1, -0.05) is 18.2 Å². The number of para-hydroxylation sites is 2. The van der Waals surface area contributed by atoms with Gasteiger partial charge < -0.3 is 0 Å². The van der Waals surface area contributed by atoms with Crippen LogP contribution in [0.4, 0.5) is 11.4 Å². The summed E-state index contributed by atoms with van der Waals surface area (Å²) >= 11 is 0. The van der Waals surface area contributed by atoms with Crippen molar-refractivity contribution in [3.63, 3.8) is 0 Å². The molecule has 1 aliphatic rings. The molecule has 1 saturated heterocycles. The Morgan fingerprint density at radius 1 is 0.567 bits per heavy atom. The Kier molecular flexibility index (Phi) is 8.18. The van der Waals surface area contributed by atoms with Gasteiger partial charge in [0.15, 0.2) is 0 Å². The van der Waals surface area contributed by atoms with Crippen LogP contribution in [0.2, 0.25) is 0 Å². The molecule has 30 heavy (non-hydrogen) atoms. The van der Waals surface area contributed by atoms with Crippen molar-refractivity contribution >= 4 is 11.4 Å². The molecule has 1 fully saturated rings. The summed E-state index contributed by atoms with van der Waals surface area (Å²) in [6, 6.07) is 43.9. The zero-order valence-electron chi connectivity index (χ0n) is 16.5. The molecule has 5 rings (SSSR count). The maximum absolute atomic E-state index is 3.25. The number of hydrogen-bond acceptors (Lipinski definition) is 2. The van der Waals surface area contributed by atoms with Gasteiger partial charge >= 0.3 is 0 Å². The standard InChI is InChI=1S/C15H14N2.C12H8.Pt/c1-3-7-14(8-4-1)16-11-12-17(13-16)15-9-5-2-6-10-15;1-3-7-11(8-4-1)12-9-5-2-6-10-12;/h1-9,13H,11-12H2;1-7,9H;/q;-2;. The third kappa shape index (κ3) is 5.78. The van der Waals surface area contributed by atoms with E-state index in [2.05, 4.69) is 65.0 Å². The molecule has 0 N–H and O–H groups in total. The van der Waals surface area contributed by atoms with Crippen LogP contribution in [0.5, 0.6) is 0 Å². The van der Waals surface area contributed by atoms with E-state index < -0.39 is 0 Å². The molecule has 0 aromatic heterocycles. The van der Waals surface area contributed by atoms with Gasteiger partial charge in [0.05, 0.1) is 18.8 Å². The Bertz CT molecular complexity index is 893. The first-order valence-corrected chi connectivity index (χ1v) is 9.74. The molecule has 2 nitrogen and oxygen atoms in total. The fourth-order valence-electron chi connectivity index (χ4n) is 3.18. The third-order valence-corrected chi connectivity index (χ3v) is 4.66. The van der Waals surface area contributed by atoms with Gasteiger partial charge in [-0.25, -0.2) is 16.0 Å². The van der Waals surface area contributed by atoms with Crippen LogP contribution in [0.25, 0.3) is 11.1 Å². The first kappa shape index (κ1) is 21.7. The Labute approximate surface area is 194 Å². The van der Waals surface area contributed by atoms with Crippen molar-refractivity contribution in [1.29, 1.82) is 0 Å². The van der Waals surface area contributed by atoms with Crippen molar-refractivity contribution in [1.82, 2.24) is 0 Å². The van der Waals surface area contributed by atoms with Crippen molar-refractivity contribution in [2.45, 2.75) is 0 Å². The molecular weight excluding hydrogens is 547 g/mol. The van der Waals surface area contributed by atoms with E-state index in [0.29, 0.717) is 0 Å². The summed E-state index contributed by atoms with van der Waals surface area (Å²) in [5.74, 6) is 0. The van der Waals surface area contributed by atoms with Gasteiger partial charge in [0.25, 0.3) is 6.67 Å². The van der Waals surface area contributed by atoms with Crippen molar-refractivity contribution < 1.29 is 21.1 Å². The third-order valence-electron chi connectivity index (χ3n) is 4.66. The van der Waals surface area contributed by atoms with Gasteiger partial charge in [-0.2, -0.15) is 77.7 Å². The number of nitrogens with zero attached hydrogens (tertiary/aromatic N) is 2. The predicted octanol–water partition coefficient (Wildman–Crippen LogP) is 5.88. The number of benzene rings is 4. The zero-order chi connectivity index (χ0) is 19.7. The molecule has 0 unspecified atom stereocenters. The number of anilines is 2. The maximum atomic E-state index is 3.25. The second-order valence-electron chi connectivity index (χ2n) is 6.64. The fourth-order valence-corrected chi connectivity index (χ4v) is 3.18. The molecule has 0 aliphatic carbocycles. The van der Waals surface area contributed by atoms with E-state index in [-0.39, 0.29) is 21.1 Å². The molecule has 0 spiro atoms. The van der Waals surface area contributed by atoms with Crippen LogP contribution in [-0.4, -0.2) is 13.1 Å². The predicted molar refractivity (Wildman–Crippen MR) is 120 cm³/mol. The Balaban J connectivity index is 0.000000175. The average molecular weight is 570 g/mol. The first-order chi connectivity index (χ1) is 14.4. The van der Waals surface area contributed by atoms with Crippen LogP contribution in [0.3, 0.4) is 0 Å². The molecular formula is C27H22N2Pt-2. The van der Waals surface area contributed by atoms with Crippen molar-refractivity contribution in [2.24, 2.45) is 0 Å². The molecule has 1 aliphatic heterocycles. The molecule has 152 valence electrons. The molecule has 0 amide bonds. The first-order valence-electron chi connectivity index (χ1n) is 9.74. The van der Waals surface area contributed by atoms with Crippen molar-refractivity contribution in [2.75, 3.05) is 22.9 Å². The fraction of sp³-hybridized carbons (Fsp3) is 0.0741. The van der Waals surface area contributed by atoms with E-state index in [1.807, 2.05) is 72.8 Å². The summed E-state index contributed by atoms with van der Waals surface area (Å²) in [5, 5.41) is 0. The van der Waals surface area contributed by atoms with E-state index >= 15 is 0 Å². The number of hydrogen-bond donors (Lipinski definition) is 0. The quantitative estimate of drug-likeness (QED) is 0.284. The van der Waals surface area contributed by atoms with Gasteiger partial charge in [0.1, 0.15) is 0 Å². The molecule has 0 atom stereocenters. The molecule has 4 aromatic carbocycles. The van der Waals surface area contributed by atoms with Gasteiger partial charge in [-0.3, -0.25) is 0 Å². The Hall–Kier alpha value is -2.96. The molecule has 3 heteroatoms. The summed E-state index contributed by atoms with van der Waals surface area (Å²) in [6.07, 6.45) is 0. The van der Waals surface area contributed by atoms with E-state index in [4.69, 9.17) is 0 Å². The van der Waals surface area contributed by atoms with Gasteiger partial charge in [-0.15, -0.1) is 18.2 Å². The molecule has 0 bridgehead atoms. The minimum absolute atomic E-state index is 0. The zero-order valence-corrected chi connectivity index (χ0v) is 18.8. The minimum atomic E-state index is 0. The normalized spacial score (nSPS) is 12.3. The van der Waals surface area contributed by atoms with Gasteiger partial charge in [0, 0.05) is 21.1 Å². The van der Waals surface area contributed by atoms with Crippen LogP contribution >= 0.6 is 0 Å². The largest absolute Gasteiger partial charge is 0.293 e. The second kappa shape index (κ2) is 11.3. The van der Waals surface area contributed by atoms with Crippen LogP contribution in [0, 0.1) is 24.9 Å². The van der Waals surface area contributed by atoms with Crippen molar-refractivity contribution in [3.05, 3.63) is 128 Å². The SMILES string of the molecule is [Pt].[c-]1ccccc1-c1[c-]cccc1.[c-]1ccccc1N1[CH+]N(c2ccccc2)CC1. The summed E-state index contributed by atoms with van der Waals surface area (Å²) in [6.45, 7) is 4.18. The van der Waals surface area contributed by atoms with Crippen LogP contribution in [-0.2, 0) is 21.1 Å².